The first kappa shape index (κ1) is 14.9. The van der Waals surface area contributed by atoms with Crippen LogP contribution in [0.5, 0.6) is 0 Å². The van der Waals surface area contributed by atoms with Crippen molar-refractivity contribution in [2.24, 2.45) is 11.8 Å². The molecule has 0 heterocycles. The average molecular weight is 296 g/mol. The van der Waals surface area contributed by atoms with Crippen molar-refractivity contribution in [3.8, 4) is 0 Å². The van der Waals surface area contributed by atoms with Crippen molar-refractivity contribution in [2.75, 3.05) is 5.32 Å². The normalized spacial score (nSPS) is 21.0. The van der Waals surface area contributed by atoms with Crippen LogP contribution < -0.4 is 5.32 Å². The van der Waals surface area contributed by atoms with Gasteiger partial charge in [-0.05, 0) is 18.9 Å². The number of nitrogens with zero attached hydrogens (tertiary/aromatic N) is 1. The maximum absolute atomic E-state index is 13.2. The number of carbonyl (C=O) groups excluding carboxylic acids is 1. The van der Waals surface area contributed by atoms with Crippen LogP contribution in [-0.4, -0.2) is 21.9 Å². The molecule has 21 heavy (non-hydrogen) atoms. The van der Waals surface area contributed by atoms with Crippen LogP contribution >= 0.6 is 0 Å². The number of nitro groups is 1. The Hall–Kier alpha value is -2.51. The highest BCUT2D eigenvalue weighted by Crippen LogP contribution is 2.34. The zero-order valence-corrected chi connectivity index (χ0v) is 10.9. The SMILES string of the molecule is O=C(O)C1CCCC1C(=O)Nc1cc(F)ccc1[N+](=O)[O-]. The first-order valence-corrected chi connectivity index (χ1v) is 6.37. The largest absolute Gasteiger partial charge is 0.481 e. The van der Waals surface area contributed by atoms with Gasteiger partial charge >= 0.3 is 5.97 Å². The molecule has 7 nitrogen and oxygen atoms in total. The van der Waals surface area contributed by atoms with E-state index < -0.39 is 40.1 Å². The summed E-state index contributed by atoms with van der Waals surface area (Å²) in [4.78, 5) is 33.3. The summed E-state index contributed by atoms with van der Waals surface area (Å²) < 4.78 is 13.2. The minimum atomic E-state index is -1.07. The van der Waals surface area contributed by atoms with Gasteiger partial charge in [0.2, 0.25) is 5.91 Å². The molecule has 1 aromatic carbocycles. The molecule has 1 saturated carbocycles. The summed E-state index contributed by atoms with van der Waals surface area (Å²) >= 11 is 0. The highest BCUT2D eigenvalue weighted by atomic mass is 19.1. The van der Waals surface area contributed by atoms with E-state index in [1.807, 2.05) is 0 Å². The highest BCUT2D eigenvalue weighted by molar-refractivity contribution is 5.97. The van der Waals surface area contributed by atoms with Crippen LogP contribution in [0.25, 0.3) is 0 Å². The van der Waals surface area contributed by atoms with E-state index in [9.17, 15) is 24.1 Å². The predicted molar refractivity (Wildman–Crippen MR) is 70.2 cm³/mol. The lowest BCUT2D eigenvalue weighted by molar-refractivity contribution is -0.384. The second-order valence-corrected chi connectivity index (χ2v) is 4.89. The Morgan fingerprint density at radius 2 is 2.00 bits per heavy atom. The minimum absolute atomic E-state index is 0.263. The van der Waals surface area contributed by atoms with E-state index in [2.05, 4.69) is 5.32 Å². The standard InChI is InChI=1S/C13H13FN2O5/c14-7-4-5-11(16(20)21)10(6-7)15-12(17)8-2-1-3-9(8)13(18)19/h4-6,8-9H,1-3H2,(H,15,17)(H,18,19). The zero-order valence-electron chi connectivity index (χ0n) is 10.9. The molecule has 0 saturated heterocycles. The molecule has 2 rings (SSSR count). The molecule has 2 N–H and O–H groups in total. The summed E-state index contributed by atoms with van der Waals surface area (Å²) in [6, 6.07) is 2.72. The molecule has 1 aromatic rings. The number of carbonyl (C=O) groups is 2. The van der Waals surface area contributed by atoms with Crippen LogP contribution in [0.1, 0.15) is 19.3 Å². The lowest BCUT2D eigenvalue weighted by Crippen LogP contribution is -2.30. The number of aliphatic carboxylic acids is 1. The van der Waals surface area contributed by atoms with Gasteiger partial charge in [0.25, 0.3) is 5.69 Å². The Bertz CT molecular complexity index is 604. The fraction of sp³-hybridized carbons (Fsp3) is 0.385. The Morgan fingerprint density at radius 3 is 2.62 bits per heavy atom. The van der Waals surface area contributed by atoms with Gasteiger partial charge in [-0.3, -0.25) is 19.7 Å². The van der Waals surface area contributed by atoms with E-state index in [1.54, 1.807) is 0 Å². The molecule has 1 aliphatic rings. The van der Waals surface area contributed by atoms with Crippen molar-refractivity contribution in [2.45, 2.75) is 19.3 Å². The summed E-state index contributed by atoms with van der Waals surface area (Å²) in [6.45, 7) is 0. The number of halogens is 1. The second-order valence-electron chi connectivity index (χ2n) is 4.89. The van der Waals surface area contributed by atoms with Gasteiger partial charge in [0.1, 0.15) is 11.5 Å². The average Bonchev–Trinajstić information content (AvgIpc) is 2.87. The van der Waals surface area contributed by atoms with Crippen LogP contribution in [0.4, 0.5) is 15.8 Å². The van der Waals surface area contributed by atoms with E-state index in [-0.39, 0.29) is 5.69 Å². The Labute approximate surface area is 118 Å². The Kier molecular flexibility index (Phi) is 4.15. The monoisotopic (exact) mass is 296 g/mol. The van der Waals surface area contributed by atoms with Gasteiger partial charge in [0, 0.05) is 12.1 Å². The number of hydrogen-bond donors (Lipinski definition) is 2. The number of benzene rings is 1. The molecule has 0 aliphatic heterocycles. The number of anilines is 1. The number of hydrogen-bond acceptors (Lipinski definition) is 4. The van der Waals surface area contributed by atoms with Crippen LogP contribution in [-0.2, 0) is 9.59 Å². The molecule has 0 spiro atoms. The third kappa shape index (κ3) is 3.15. The lowest BCUT2D eigenvalue weighted by atomic mass is 9.95. The van der Waals surface area contributed by atoms with E-state index >= 15 is 0 Å². The fourth-order valence-electron chi connectivity index (χ4n) is 2.56. The van der Waals surface area contributed by atoms with E-state index in [0.717, 1.165) is 18.2 Å². The van der Waals surface area contributed by atoms with Crippen LogP contribution in [0, 0.1) is 27.8 Å². The van der Waals surface area contributed by atoms with Gasteiger partial charge in [0.05, 0.1) is 16.8 Å². The summed E-state index contributed by atoms with van der Waals surface area (Å²) in [6.07, 6.45) is 1.38. The quantitative estimate of drug-likeness (QED) is 0.653. The second kappa shape index (κ2) is 5.86. The van der Waals surface area contributed by atoms with Crippen LogP contribution in [0.2, 0.25) is 0 Å². The molecule has 2 atom stereocenters. The van der Waals surface area contributed by atoms with Crippen molar-refractivity contribution in [3.63, 3.8) is 0 Å². The third-order valence-electron chi connectivity index (χ3n) is 3.58. The zero-order chi connectivity index (χ0) is 15.6. The molecule has 0 radical (unpaired) electrons. The molecule has 0 bridgehead atoms. The van der Waals surface area contributed by atoms with E-state index in [1.165, 1.54) is 0 Å². The highest BCUT2D eigenvalue weighted by Gasteiger charge is 2.38. The van der Waals surface area contributed by atoms with Crippen LogP contribution in [0.15, 0.2) is 18.2 Å². The summed E-state index contributed by atoms with van der Waals surface area (Å²) in [5, 5.41) is 22.2. The summed E-state index contributed by atoms with van der Waals surface area (Å²) in [5.41, 5.74) is -0.698. The van der Waals surface area contributed by atoms with Crippen LogP contribution in [0.3, 0.4) is 0 Å². The third-order valence-corrected chi connectivity index (χ3v) is 3.58. The number of rotatable bonds is 4. The predicted octanol–water partition coefficient (Wildman–Crippen LogP) is 2.17. The smallest absolute Gasteiger partial charge is 0.307 e. The number of nitro benzene ring substituents is 1. The van der Waals surface area contributed by atoms with E-state index in [0.29, 0.717) is 19.3 Å². The molecule has 8 heteroatoms. The van der Waals surface area contributed by atoms with Gasteiger partial charge in [-0.25, -0.2) is 4.39 Å². The summed E-state index contributed by atoms with van der Waals surface area (Å²) in [5.74, 6) is -3.99. The van der Waals surface area contributed by atoms with Gasteiger partial charge in [-0.1, -0.05) is 6.42 Å². The lowest BCUT2D eigenvalue weighted by Gasteiger charge is -2.15. The Balaban J connectivity index is 2.21. The number of nitrogens with one attached hydrogen (secondary N) is 1. The maximum atomic E-state index is 13.2. The summed E-state index contributed by atoms with van der Waals surface area (Å²) in [7, 11) is 0. The number of carboxylic acids is 1. The molecule has 1 fully saturated rings. The number of amides is 1. The molecular weight excluding hydrogens is 283 g/mol. The van der Waals surface area contributed by atoms with Gasteiger partial charge in [-0.2, -0.15) is 0 Å². The minimum Gasteiger partial charge on any atom is -0.481 e. The van der Waals surface area contributed by atoms with Crippen molar-refractivity contribution in [1.82, 2.24) is 0 Å². The topological polar surface area (TPSA) is 110 Å². The molecular formula is C13H13FN2O5. The fourth-order valence-corrected chi connectivity index (χ4v) is 2.56. The van der Waals surface area contributed by atoms with Crippen molar-refractivity contribution in [1.29, 1.82) is 0 Å². The first-order valence-electron chi connectivity index (χ1n) is 6.37. The van der Waals surface area contributed by atoms with Crippen molar-refractivity contribution in [3.05, 3.63) is 34.1 Å². The molecule has 1 aliphatic carbocycles. The maximum Gasteiger partial charge on any atom is 0.307 e. The first-order chi connectivity index (χ1) is 9.90. The molecule has 2 unspecified atom stereocenters. The molecule has 0 aromatic heterocycles. The van der Waals surface area contributed by atoms with Crippen molar-refractivity contribution >= 4 is 23.3 Å². The van der Waals surface area contributed by atoms with Gasteiger partial charge in [-0.15, -0.1) is 0 Å². The van der Waals surface area contributed by atoms with Crippen molar-refractivity contribution < 1.29 is 24.0 Å². The Morgan fingerprint density at radius 1 is 1.33 bits per heavy atom. The van der Waals surface area contributed by atoms with E-state index in [4.69, 9.17) is 5.11 Å². The van der Waals surface area contributed by atoms with Gasteiger partial charge < -0.3 is 10.4 Å². The molecule has 112 valence electrons. The van der Waals surface area contributed by atoms with Gasteiger partial charge in [0.15, 0.2) is 0 Å². The number of carboxylic acid groups (broad SMARTS) is 1. The molecule has 1 amide bonds.